The Bertz CT molecular complexity index is 1000. The van der Waals surface area contributed by atoms with Gasteiger partial charge in [0.05, 0.1) is 25.7 Å². The minimum Gasteiger partial charge on any atom is -0.460 e. The van der Waals surface area contributed by atoms with Gasteiger partial charge in [-0.2, -0.15) is 0 Å². The number of ether oxygens (including phenoxy) is 3. The summed E-state index contributed by atoms with van der Waals surface area (Å²) in [6, 6.07) is 0. The lowest BCUT2D eigenvalue weighted by Crippen LogP contribution is -2.49. The molecule has 0 saturated carbocycles. The largest absolute Gasteiger partial charge is 0.475 e. The third-order valence-electron chi connectivity index (χ3n) is 5.54. The number of hydrogen-bond acceptors (Lipinski definition) is 11. The third kappa shape index (κ3) is 6.00. The van der Waals surface area contributed by atoms with E-state index in [1.54, 1.807) is 20.8 Å². The van der Waals surface area contributed by atoms with Crippen molar-refractivity contribution in [1.29, 1.82) is 0 Å². The van der Waals surface area contributed by atoms with Crippen LogP contribution < -0.4 is 0 Å². The summed E-state index contributed by atoms with van der Waals surface area (Å²) >= 11 is 0. The minimum atomic E-state index is -4.16. The summed E-state index contributed by atoms with van der Waals surface area (Å²) < 4.78 is 45.4. The normalized spacial score (nSPS) is 33.3. The first-order valence-electron chi connectivity index (χ1n) is 11.0. The van der Waals surface area contributed by atoms with E-state index in [9.17, 15) is 23.7 Å². The molecule has 3 heterocycles. The predicted molar refractivity (Wildman–Crippen MR) is 117 cm³/mol. The van der Waals surface area contributed by atoms with Crippen molar-refractivity contribution >= 4 is 31.5 Å². The molecule has 0 aromatic heterocycles. The number of esters is 2. The summed E-state index contributed by atoms with van der Waals surface area (Å²) in [6.07, 6.45) is 3.42. The van der Waals surface area contributed by atoms with Gasteiger partial charge >= 0.3 is 19.8 Å². The van der Waals surface area contributed by atoms with Crippen molar-refractivity contribution in [2.75, 3.05) is 13.2 Å². The van der Waals surface area contributed by atoms with Crippen LogP contribution in [0.1, 0.15) is 40.5 Å². The fourth-order valence-electron chi connectivity index (χ4n) is 3.88. The molecule has 6 atom stereocenters. The van der Waals surface area contributed by atoms with E-state index < -0.39 is 61.7 Å². The van der Waals surface area contributed by atoms with Gasteiger partial charge in [-0.15, -0.1) is 6.42 Å². The Labute approximate surface area is 202 Å². The average molecular weight is 513 g/mol. The van der Waals surface area contributed by atoms with Crippen LogP contribution in [0.2, 0.25) is 0 Å². The van der Waals surface area contributed by atoms with Crippen LogP contribution in [-0.4, -0.2) is 72.4 Å². The zero-order chi connectivity index (χ0) is 26.0. The van der Waals surface area contributed by atoms with Crippen molar-refractivity contribution in [2.24, 2.45) is 5.41 Å². The van der Waals surface area contributed by atoms with Crippen LogP contribution in [0.25, 0.3) is 0 Å². The SMILES string of the molecule is C#C[C@]1(C)[C@@H]2O[P@@](=O)(OCC[C@@H](OC(C)=O)C(=O)OC(C)C)OC[C@H]2O[C@H]1N1C=CC(=O)CC1=O. The van der Waals surface area contributed by atoms with Crippen LogP contribution in [0.4, 0.5) is 0 Å². The van der Waals surface area contributed by atoms with Crippen molar-refractivity contribution in [2.45, 2.75) is 71.2 Å². The zero-order valence-electron chi connectivity index (χ0n) is 19.8. The summed E-state index contributed by atoms with van der Waals surface area (Å²) in [4.78, 5) is 48.7. The van der Waals surface area contributed by atoms with Crippen LogP contribution in [0.3, 0.4) is 0 Å². The molecule has 0 N–H and O–H groups in total. The number of nitrogens with zero attached hydrogens (tertiary/aromatic N) is 1. The number of hydrogen-bond donors (Lipinski definition) is 0. The molecule has 3 aliphatic heterocycles. The molecule has 1 amide bonds. The van der Waals surface area contributed by atoms with Gasteiger partial charge in [0.2, 0.25) is 12.0 Å². The number of phosphoric ester groups is 1. The summed E-state index contributed by atoms with van der Waals surface area (Å²) in [5, 5.41) is 0. The van der Waals surface area contributed by atoms with E-state index in [0.29, 0.717) is 0 Å². The quantitative estimate of drug-likeness (QED) is 0.201. The fourth-order valence-corrected chi connectivity index (χ4v) is 5.37. The van der Waals surface area contributed by atoms with Crippen LogP contribution in [0, 0.1) is 17.8 Å². The number of carbonyl (C=O) groups is 4. The molecule has 0 spiro atoms. The molecule has 13 heteroatoms. The Hall–Kier alpha value is -2.55. The van der Waals surface area contributed by atoms with Gasteiger partial charge in [-0.1, -0.05) is 5.92 Å². The van der Waals surface area contributed by atoms with Gasteiger partial charge in [0.25, 0.3) is 0 Å². The molecule has 0 aliphatic carbocycles. The van der Waals surface area contributed by atoms with E-state index in [-0.39, 0.29) is 31.8 Å². The Morgan fingerprint density at radius 1 is 1.34 bits per heavy atom. The van der Waals surface area contributed by atoms with Gasteiger partial charge in [-0.05, 0) is 26.8 Å². The minimum absolute atomic E-state index is 0.164. The van der Waals surface area contributed by atoms with Crippen LogP contribution in [0.15, 0.2) is 12.3 Å². The van der Waals surface area contributed by atoms with Crippen LogP contribution in [-0.2, 0) is 51.5 Å². The molecule has 0 aromatic carbocycles. The van der Waals surface area contributed by atoms with Crippen molar-refractivity contribution < 1.29 is 51.5 Å². The molecule has 2 fully saturated rings. The number of fused-ring (bicyclic) bond motifs is 1. The van der Waals surface area contributed by atoms with E-state index in [0.717, 1.165) is 6.92 Å². The highest BCUT2D eigenvalue weighted by atomic mass is 31.2. The lowest BCUT2D eigenvalue weighted by molar-refractivity contribution is -0.170. The number of ketones is 1. The van der Waals surface area contributed by atoms with Crippen molar-refractivity contribution in [3.63, 3.8) is 0 Å². The Balaban J connectivity index is 1.68. The number of carbonyl (C=O) groups excluding carboxylic acids is 4. The molecular formula is C22H28NO11P. The molecule has 0 aromatic rings. The molecule has 12 nitrogen and oxygen atoms in total. The molecule has 0 unspecified atom stereocenters. The van der Waals surface area contributed by atoms with Crippen LogP contribution >= 0.6 is 7.82 Å². The lowest BCUT2D eigenvalue weighted by atomic mass is 9.82. The van der Waals surface area contributed by atoms with Crippen LogP contribution in [0.5, 0.6) is 0 Å². The summed E-state index contributed by atoms with van der Waals surface area (Å²) in [7, 11) is -4.16. The summed E-state index contributed by atoms with van der Waals surface area (Å²) in [5.41, 5.74) is -1.25. The monoisotopic (exact) mass is 513 g/mol. The standard InChI is InChI=1S/C22H28NO11P/c1-6-22(5)19-17(33-21(22)23-9-7-15(25)11-18(23)26)12-30-35(28,34-19)29-10-8-16(32-14(4)24)20(27)31-13(2)3/h1,7,9,13,16-17,19,21H,8,10-12H2,2-5H3/t16-,17-,19-,21-,22-,35+/m1/s1. The average Bonchev–Trinajstić information content (AvgIpc) is 3.04. The molecule has 35 heavy (non-hydrogen) atoms. The highest BCUT2D eigenvalue weighted by Crippen LogP contribution is 2.59. The molecule has 3 aliphatic rings. The third-order valence-corrected chi connectivity index (χ3v) is 6.98. The molecule has 2 saturated heterocycles. The molecular weight excluding hydrogens is 485 g/mol. The topological polar surface area (TPSA) is 144 Å². The first kappa shape index (κ1) is 27.0. The Kier molecular flexibility index (Phi) is 8.19. The van der Waals surface area contributed by atoms with Gasteiger partial charge in [-0.25, -0.2) is 9.36 Å². The highest BCUT2D eigenvalue weighted by Gasteiger charge is 2.61. The van der Waals surface area contributed by atoms with E-state index in [1.165, 1.54) is 17.2 Å². The smallest absolute Gasteiger partial charge is 0.460 e. The zero-order valence-corrected chi connectivity index (χ0v) is 20.7. The van der Waals surface area contributed by atoms with Crippen molar-refractivity contribution in [1.82, 2.24) is 4.90 Å². The first-order valence-corrected chi connectivity index (χ1v) is 12.4. The van der Waals surface area contributed by atoms with E-state index in [1.807, 2.05) is 0 Å². The van der Waals surface area contributed by atoms with Crippen molar-refractivity contribution in [3.8, 4) is 12.3 Å². The highest BCUT2D eigenvalue weighted by molar-refractivity contribution is 7.48. The first-order chi connectivity index (χ1) is 16.4. The number of phosphoric acid groups is 1. The molecule has 192 valence electrons. The second kappa shape index (κ2) is 10.6. The molecule has 0 bridgehead atoms. The van der Waals surface area contributed by atoms with E-state index in [4.69, 9.17) is 34.2 Å². The lowest BCUT2D eigenvalue weighted by Gasteiger charge is -2.37. The maximum atomic E-state index is 13.2. The second-order valence-electron chi connectivity index (χ2n) is 8.69. The van der Waals surface area contributed by atoms with Gasteiger partial charge in [0.1, 0.15) is 17.6 Å². The number of allylic oxidation sites excluding steroid dienone is 1. The number of amides is 1. The van der Waals surface area contributed by atoms with Gasteiger partial charge in [-0.3, -0.25) is 32.9 Å². The molecule has 3 rings (SSSR count). The second-order valence-corrected chi connectivity index (χ2v) is 10.3. The fraction of sp³-hybridized carbons (Fsp3) is 0.636. The number of rotatable bonds is 8. The van der Waals surface area contributed by atoms with Gasteiger partial charge < -0.3 is 14.2 Å². The van der Waals surface area contributed by atoms with Gasteiger partial charge in [0, 0.05) is 19.5 Å². The van der Waals surface area contributed by atoms with Gasteiger partial charge in [0.15, 0.2) is 12.0 Å². The Morgan fingerprint density at radius 3 is 2.66 bits per heavy atom. The van der Waals surface area contributed by atoms with E-state index >= 15 is 0 Å². The number of terminal acetylenes is 1. The summed E-state index contributed by atoms with van der Waals surface area (Å²) in [6.45, 7) is 5.50. The van der Waals surface area contributed by atoms with E-state index in [2.05, 4.69) is 5.92 Å². The molecule has 0 radical (unpaired) electrons. The van der Waals surface area contributed by atoms with Crippen molar-refractivity contribution in [3.05, 3.63) is 12.3 Å². The summed E-state index contributed by atoms with van der Waals surface area (Å²) in [5.74, 6) is 0.269. The maximum Gasteiger partial charge on any atom is 0.475 e. The predicted octanol–water partition coefficient (Wildman–Crippen LogP) is 1.48. The maximum absolute atomic E-state index is 13.2. The Morgan fingerprint density at radius 2 is 2.06 bits per heavy atom.